The molecule has 0 bridgehead atoms. The van der Waals surface area contributed by atoms with Gasteiger partial charge in [-0.25, -0.2) is 13.8 Å². The first-order valence-electron chi connectivity index (χ1n) is 10.8. The Morgan fingerprint density at radius 2 is 1.42 bits per heavy atom. The minimum atomic E-state index is -3.93. The number of anilines is 2. The highest BCUT2D eigenvalue weighted by Gasteiger charge is 2.26. The normalized spacial score (nSPS) is 11.3. The van der Waals surface area contributed by atoms with Crippen LogP contribution >= 0.6 is 0 Å². The SMILES string of the molecule is CCN(CC)c1ccc(/C=N\NC(=O)CN(c2ccccc2)S(=O)(=O)c2ccccc2)cc1. The number of carbonyl (C=O) groups excluding carboxylic acids is 1. The van der Waals surface area contributed by atoms with E-state index in [-0.39, 0.29) is 4.90 Å². The lowest BCUT2D eigenvalue weighted by molar-refractivity contribution is -0.119. The minimum Gasteiger partial charge on any atom is -0.372 e. The quantitative estimate of drug-likeness (QED) is 0.365. The first-order valence-corrected chi connectivity index (χ1v) is 12.2. The zero-order valence-corrected chi connectivity index (χ0v) is 19.6. The van der Waals surface area contributed by atoms with Gasteiger partial charge in [0.2, 0.25) is 0 Å². The topological polar surface area (TPSA) is 82.1 Å². The predicted octanol–water partition coefficient (Wildman–Crippen LogP) is 3.88. The predicted molar refractivity (Wildman–Crippen MR) is 133 cm³/mol. The number of benzene rings is 3. The average Bonchev–Trinajstić information content (AvgIpc) is 2.85. The summed E-state index contributed by atoms with van der Waals surface area (Å²) in [5, 5.41) is 4.00. The first-order chi connectivity index (χ1) is 16.0. The fraction of sp³-hybridized carbons (Fsp3) is 0.200. The summed E-state index contributed by atoms with van der Waals surface area (Å²) in [5.41, 5.74) is 4.76. The monoisotopic (exact) mass is 464 g/mol. The van der Waals surface area contributed by atoms with Crippen LogP contribution in [0.2, 0.25) is 0 Å². The van der Waals surface area contributed by atoms with E-state index in [4.69, 9.17) is 0 Å². The molecule has 33 heavy (non-hydrogen) atoms. The van der Waals surface area contributed by atoms with Crippen molar-refractivity contribution in [2.45, 2.75) is 18.7 Å². The number of carbonyl (C=O) groups is 1. The number of nitrogens with one attached hydrogen (secondary N) is 1. The molecule has 0 spiro atoms. The van der Waals surface area contributed by atoms with E-state index in [0.717, 1.165) is 28.6 Å². The van der Waals surface area contributed by atoms with Crippen LogP contribution < -0.4 is 14.6 Å². The second kappa shape index (κ2) is 11.3. The maximum absolute atomic E-state index is 13.2. The molecule has 0 radical (unpaired) electrons. The van der Waals surface area contributed by atoms with Crippen molar-refractivity contribution in [2.24, 2.45) is 5.10 Å². The third kappa shape index (κ3) is 6.20. The lowest BCUT2D eigenvalue weighted by atomic mass is 10.2. The van der Waals surface area contributed by atoms with Gasteiger partial charge >= 0.3 is 0 Å². The smallest absolute Gasteiger partial charge is 0.264 e. The molecule has 0 fully saturated rings. The second-order valence-corrected chi connectivity index (χ2v) is 9.08. The zero-order chi connectivity index (χ0) is 23.7. The molecular formula is C25H28N4O3S. The Balaban J connectivity index is 1.72. The Labute approximate surface area is 195 Å². The highest BCUT2D eigenvalue weighted by molar-refractivity contribution is 7.92. The summed E-state index contributed by atoms with van der Waals surface area (Å²) in [6.07, 6.45) is 1.53. The van der Waals surface area contributed by atoms with Crippen molar-refractivity contribution in [3.05, 3.63) is 90.5 Å². The summed E-state index contributed by atoms with van der Waals surface area (Å²) in [5.74, 6) is -0.547. The van der Waals surface area contributed by atoms with Crippen LogP contribution in [0.15, 0.2) is 94.9 Å². The summed E-state index contributed by atoms with van der Waals surface area (Å²) in [6, 6.07) is 24.4. The Kier molecular flexibility index (Phi) is 8.21. The number of sulfonamides is 1. The van der Waals surface area contributed by atoms with Gasteiger partial charge in [-0.15, -0.1) is 0 Å². The van der Waals surface area contributed by atoms with Crippen molar-refractivity contribution >= 4 is 33.5 Å². The van der Waals surface area contributed by atoms with Crippen LogP contribution in [0.25, 0.3) is 0 Å². The maximum Gasteiger partial charge on any atom is 0.264 e. The third-order valence-electron chi connectivity index (χ3n) is 5.09. The molecule has 3 aromatic rings. The fourth-order valence-electron chi connectivity index (χ4n) is 3.33. The van der Waals surface area contributed by atoms with Crippen LogP contribution in [0.4, 0.5) is 11.4 Å². The summed E-state index contributed by atoms with van der Waals surface area (Å²) >= 11 is 0. The Bertz CT molecular complexity index is 1160. The second-order valence-electron chi connectivity index (χ2n) is 7.22. The molecule has 1 N–H and O–H groups in total. The summed E-state index contributed by atoms with van der Waals surface area (Å²) in [6.45, 7) is 5.64. The van der Waals surface area contributed by atoms with Gasteiger partial charge in [-0.2, -0.15) is 5.10 Å². The van der Waals surface area contributed by atoms with Crippen molar-refractivity contribution in [3.63, 3.8) is 0 Å². The number of hydrazone groups is 1. The van der Waals surface area contributed by atoms with Gasteiger partial charge in [0, 0.05) is 18.8 Å². The molecule has 0 atom stereocenters. The van der Waals surface area contributed by atoms with E-state index in [9.17, 15) is 13.2 Å². The molecule has 3 aromatic carbocycles. The molecule has 172 valence electrons. The van der Waals surface area contributed by atoms with E-state index < -0.39 is 22.5 Å². The molecule has 0 saturated heterocycles. The van der Waals surface area contributed by atoms with Gasteiger partial charge in [0.05, 0.1) is 16.8 Å². The number of hydrogen-bond acceptors (Lipinski definition) is 5. The molecule has 0 unspecified atom stereocenters. The van der Waals surface area contributed by atoms with Crippen molar-refractivity contribution in [2.75, 3.05) is 28.8 Å². The highest BCUT2D eigenvalue weighted by Crippen LogP contribution is 2.23. The van der Waals surface area contributed by atoms with Crippen LogP contribution in [0, 0.1) is 0 Å². The number of hydrogen-bond donors (Lipinski definition) is 1. The molecule has 0 aliphatic carbocycles. The molecular weight excluding hydrogens is 436 g/mol. The summed E-state index contributed by atoms with van der Waals surface area (Å²) < 4.78 is 27.5. The van der Waals surface area contributed by atoms with Crippen molar-refractivity contribution in [1.29, 1.82) is 0 Å². The van der Waals surface area contributed by atoms with Crippen molar-refractivity contribution in [3.8, 4) is 0 Å². The van der Waals surface area contributed by atoms with E-state index in [1.807, 2.05) is 24.3 Å². The first kappa shape index (κ1) is 24.0. The van der Waals surface area contributed by atoms with Crippen LogP contribution in [0.1, 0.15) is 19.4 Å². The van der Waals surface area contributed by atoms with Crippen LogP contribution in [-0.4, -0.2) is 40.2 Å². The van der Waals surface area contributed by atoms with Gasteiger partial charge in [-0.1, -0.05) is 48.5 Å². The van der Waals surface area contributed by atoms with Gasteiger partial charge in [0.15, 0.2) is 0 Å². The van der Waals surface area contributed by atoms with E-state index in [1.54, 1.807) is 48.5 Å². The van der Waals surface area contributed by atoms with Crippen molar-refractivity contribution < 1.29 is 13.2 Å². The molecule has 8 heteroatoms. The van der Waals surface area contributed by atoms with Crippen LogP contribution in [0.3, 0.4) is 0 Å². The zero-order valence-electron chi connectivity index (χ0n) is 18.8. The van der Waals surface area contributed by atoms with Gasteiger partial charge in [0.25, 0.3) is 15.9 Å². The Morgan fingerprint density at radius 3 is 2.00 bits per heavy atom. The van der Waals surface area contributed by atoms with Gasteiger partial charge in [0.1, 0.15) is 6.54 Å². The largest absolute Gasteiger partial charge is 0.372 e. The van der Waals surface area contributed by atoms with Crippen LogP contribution in [-0.2, 0) is 14.8 Å². The van der Waals surface area contributed by atoms with Crippen molar-refractivity contribution in [1.82, 2.24) is 5.43 Å². The lowest BCUT2D eigenvalue weighted by Gasteiger charge is -2.23. The minimum absolute atomic E-state index is 0.110. The third-order valence-corrected chi connectivity index (χ3v) is 6.88. The molecule has 0 aliphatic rings. The average molecular weight is 465 g/mol. The molecule has 0 aliphatic heterocycles. The molecule has 7 nitrogen and oxygen atoms in total. The molecule has 3 rings (SSSR count). The Morgan fingerprint density at radius 1 is 0.848 bits per heavy atom. The van der Waals surface area contributed by atoms with E-state index in [2.05, 4.69) is 29.3 Å². The molecule has 0 saturated carbocycles. The molecule has 0 aromatic heterocycles. The number of nitrogens with zero attached hydrogens (tertiary/aromatic N) is 3. The summed E-state index contributed by atoms with van der Waals surface area (Å²) in [4.78, 5) is 14.9. The maximum atomic E-state index is 13.2. The number of para-hydroxylation sites is 1. The van der Waals surface area contributed by atoms with E-state index in [1.165, 1.54) is 18.3 Å². The standard InChI is InChI=1S/C25H28N4O3S/c1-3-28(4-2)22-17-15-21(16-18-22)19-26-27-25(30)20-29(23-11-7-5-8-12-23)33(31,32)24-13-9-6-10-14-24/h5-19H,3-4,20H2,1-2H3,(H,27,30)/b26-19-. The van der Waals surface area contributed by atoms with Gasteiger partial charge < -0.3 is 4.90 Å². The van der Waals surface area contributed by atoms with E-state index in [0.29, 0.717) is 5.69 Å². The lowest BCUT2D eigenvalue weighted by Crippen LogP contribution is -2.39. The van der Waals surface area contributed by atoms with Gasteiger partial charge in [-0.05, 0) is 55.8 Å². The fourth-order valence-corrected chi connectivity index (χ4v) is 4.78. The molecule has 0 heterocycles. The number of rotatable bonds is 10. The number of amides is 1. The Hall–Kier alpha value is -3.65. The molecule has 1 amide bonds. The van der Waals surface area contributed by atoms with Gasteiger partial charge in [-0.3, -0.25) is 9.10 Å². The van der Waals surface area contributed by atoms with E-state index >= 15 is 0 Å². The summed E-state index contributed by atoms with van der Waals surface area (Å²) in [7, 11) is -3.93. The van der Waals surface area contributed by atoms with Crippen LogP contribution in [0.5, 0.6) is 0 Å². The highest BCUT2D eigenvalue weighted by atomic mass is 32.2.